The van der Waals surface area contributed by atoms with Gasteiger partial charge >= 0.3 is 5.97 Å². The highest BCUT2D eigenvalue weighted by Crippen LogP contribution is 2.15. The highest BCUT2D eigenvalue weighted by atomic mass is 16.4. The van der Waals surface area contributed by atoms with E-state index in [2.05, 4.69) is 4.98 Å². The number of aromatic carboxylic acids is 1. The van der Waals surface area contributed by atoms with Crippen LogP contribution >= 0.6 is 0 Å². The van der Waals surface area contributed by atoms with Gasteiger partial charge in [0.05, 0.1) is 0 Å². The Morgan fingerprint density at radius 2 is 1.94 bits per heavy atom. The van der Waals surface area contributed by atoms with Crippen molar-refractivity contribution in [2.24, 2.45) is 0 Å². The summed E-state index contributed by atoms with van der Waals surface area (Å²) in [5, 5.41) is 8.78. The number of hydrogen-bond acceptors (Lipinski definition) is 3. The molecule has 2 rings (SSSR count). The summed E-state index contributed by atoms with van der Waals surface area (Å²) in [6.07, 6.45) is 2.99. The molecule has 0 bridgehead atoms. The maximum atomic E-state index is 10.7. The van der Waals surface area contributed by atoms with Crippen LogP contribution in [0.3, 0.4) is 0 Å². The van der Waals surface area contributed by atoms with Crippen LogP contribution in [0, 0.1) is 0 Å². The Kier molecular flexibility index (Phi) is 2.82. The first-order valence-corrected chi connectivity index (χ1v) is 5.13. The maximum absolute atomic E-state index is 10.7. The average Bonchev–Trinajstić information content (AvgIpc) is 2.78. The Bertz CT molecular complexity index is 529. The van der Waals surface area contributed by atoms with E-state index in [1.165, 1.54) is 12.5 Å². The largest absolute Gasteiger partial charge is 0.476 e. The van der Waals surface area contributed by atoms with Gasteiger partial charge in [0.25, 0.3) is 0 Å². The Hall–Kier alpha value is -2.30. The predicted molar refractivity (Wildman–Crippen MR) is 64.9 cm³/mol. The molecule has 1 aromatic carbocycles. The standard InChI is InChI=1S/C12H13N3O2/c1-14(2)9-3-5-10(6-4-9)15-7-11(12(16)17)13-8-15/h3-8H,1-2H3,(H,16,17). The van der Waals surface area contributed by atoms with Gasteiger partial charge in [-0.2, -0.15) is 0 Å². The molecule has 0 aliphatic carbocycles. The van der Waals surface area contributed by atoms with Crippen molar-refractivity contribution in [1.29, 1.82) is 0 Å². The molecule has 0 spiro atoms. The summed E-state index contributed by atoms with van der Waals surface area (Å²) in [5.41, 5.74) is 2.02. The molecule has 88 valence electrons. The van der Waals surface area contributed by atoms with Crippen LogP contribution in [-0.4, -0.2) is 34.7 Å². The molecule has 5 nitrogen and oxygen atoms in total. The zero-order valence-electron chi connectivity index (χ0n) is 9.66. The fourth-order valence-electron chi connectivity index (χ4n) is 1.50. The van der Waals surface area contributed by atoms with E-state index in [0.717, 1.165) is 11.4 Å². The van der Waals surface area contributed by atoms with Crippen LogP contribution in [0.4, 0.5) is 5.69 Å². The van der Waals surface area contributed by atoms with Crippen molar-refractivity contribution in [3.63, 3.8) is 0 Å². The third-order valence-corrected chi connectivity index (χ3v) is 2.47. The van der Waals surface area contributed by atoms with Crippen molar-refractivity contribution < 1.29 is 9.90 Å². The Morgan fingerprint density at radius 3 is 2.41 bits per heavy atom. The second kappa shape index (κ2) is 4.29. The maximum Gasteiger partial charge on any atom is 0.356 e. The third-order valence-electron chi connectivity index (χ3n) is 2.47. The lowest BCUT2D eigenvalue weighted by atomic mass is 10.2. The van der Waals surface area contributed by atoms with Gasteiger partial charge in [-0.05, 0) is 24.3 Å². The molecular weight excluding hydrogens is 218 g/mol. The molecule has 0 unspecified atom stereocenters. The Labute approximate surface area is 98.9 Å². The van der Waals surface area contributed by atoms with Gasteiger partial charge in [0.2, 0.25) is 0 Å². The molecule has 1 N–H and O–H groups in total. The minimum atomic E-state index is -1.02. The first-order chi connectivity index (χ1) is 8.08. The lowest BCUT2D eigenvalue weighted by Crippen LogP contribution is -2.08. The van der Waals surface area contributed by atoms with E-state index in [4.69, 9.17) is 5.11 Å². The molecule has 0 radical (unpaired) electrons. The van der Waals surface area contributed by atoms with Crippen LogP contribution in [0.2, 0.25) is 0 Å². The topological polar surface area (TPSA) is 58.4 Å². The molecule has 17 heavy (non-hydrogen) atoms. The molecule has 0 saturated carbocycles. The lowest BCUT2D eigenvalue weighted by molar-refractivity contribution is 0.0691. The fraction of sp³-hybridized carbons (Fsp3) is 0.167. The number of carboxylic acid groups (broad SMARTS) is 1. The molecule has 1 aromatic heterocycles. The monoisotopic (exact) mass is 231 g/mol. The molecule has 1 heterocycles. The highest BCUT2D eigenvalue weighted by molar-refractivity contribution is 5.85. The van der Waals surface area contributed by atoms with Gasteiger partial charge in [0.1, 0.15) is 6.33 Å². The van der Waals surface area contributed by atoms with Gasteiger partial charge < -0.3 is 14.6 Å². The summed E-state index contributed by atoms with van der Waals surface area (Å²) >= 11 is 0. The minimum Gasteiger partial charge on any atom is -0.476 e. The summed E-state index contributed by atoms with van der Waals surface area (Å²) in [6, 6.07) is 7.77. The lowest BCUT2D eigenvalue weighted by Gasteiger charge is -2.12. The number of benzene rings is 1. The smallest absolute Gasteiger partial charge is 0.356 e. The van der Waals surface area contributed by atoms with Gasteiger partial charge in [-0.1, -0.05) is 0 Å². The van der Waals surface area contributed by atoms with Crippen LogP contribution in [-0.2, 0) is 0 Å². The third kappa shape index (κ3) is 2.28. The van der Waals surface area contributed by atoms with Crippen molar-refractivity contribution in [3.8, 4) is 5.69 Å². The summed E-state index contributed by atoms with van der Waals surface area (Å²) in [6.45, 7) is 0. The number of nitrogens with zero attached hydrogens (tertiary/aromatic N) is 3. The second-order valence-electron chi connectivity index (χ2n) is 3.88. The van der Waals surface area contributed by atoms with Crippen LogP contribution in [0.5, 0.6) is 0 Å². The number of anilines is 1. The number of imidazole rings is 1. The first kappa shape index (κ1) is 11.2. The Balaban J connectivity index is 2.30. The fourth-order valence-corrected chi connectivity index (χ4v) is 1.50. The number of aromatic nitrogens is 2. The minimum absolute atomic E-state index is 0.0432. The zero-order chi connectivity index (χ0) is 12.4. The highest BCUT2D eigenvalue weighted by Gasteiger charge is 2.07. The first-order valence-electron chi connectivity index (χ1n) is 5.13. The normalized spacial score (nSPS) is 10.2. The molecule has 0 atom stereocenters. The molecule has 0 fully saturated rings. The second-order valence-corrected chi connectivity index (χ2v) is 3.88. The van der Waals surface area contributed by atoms with Crippen LogP contribution < -0.4 is 4.90 Å². The number of carboxylic acids is 1. The summed E-state index contributed by atoms with van der Waals surface area (Å²) in [4.78, 5) is 16.5. The molecule has 0 saturated heterocycles. The van der Waals surface area contributed by atoms with Gasteiger partial charge in [0, 0.05) is 31.7 Å². The van der Waals surface area contributed by atoms with Crippen molar-refractivity contribution >= 4 is 11.7 Å². The Morgan fingerprint density at radius 1 is 1.29 bits per heavy atom. The van der Waals surface area contributed by atoms with Crippen molar-refractivity contribution in [2.75, 3.05) is 19.0 Å². The molecular formula is C12H13N3O2. The van der Waals surface area contributed by atoms with E-state index in [1.54, 1.807) is 4.57 Å². The van der Waals surface area contributed by atoms with Crippen molar-refractivity contribution in [3.05, 3.63) is 42.5 Å². The van der Waals surface area contributed by atoms with Crippen LogP contribution in [0.15, 0.2) is 36.8 Å². The molecule has 0 aliphatic heterocycles. The van der Waals surface area contributed by atoms with E-state index in [1.807, 2.05) is 43.3 Å². The molecule has 0 aliphatic rings. The molecule has 2 aromatic rings. The van der Waals surface area contributed by atoms with E-state index < -0.39 is 5.97 Å². The van der Waals surface area contributed by atoms with E-state index >= 15 is 0 Å². The SMILES string of the molecule is CN(C)c1ccc(-n2cnc(C(=O)O)c2)cc1. The summed E-state index contributed by atoms with van der Waals surface area (Å²) in [7, 11) is 3.93. The van der Waals surface area contributed by atoms with Crippen molar-refractivity contribution in [1.82, 2.24) is 9.55 Å². The average molecular weight is 231 g/mol. The molecule has 0 amide bonds. The number of rotatable bonds is 3. The van der Waals surface area contributed by atoms with Crippen LogP contribution in [0.25, 0.3) is 5.69 Å². The van der Waals surface area contributed by atoms with Crippen LogP contribution in [0.1, 0.15) is 10.5 Å². The van der Waals surface area contributed by atoms with Gasteiger partial charge in [-0.15, -0.1) is 0 Å². The zero-order valence-corrected chi connectivity index (χ0v) is 9.66. The number of carbonyl (C=O) groups is 1. The number of hydrogen-bond donors (Lipinski definition) is 1. The van der Waals surface area contributed by atoms with Gasteiger partial charge in [-0.25, -0.2) is 9.78 Å². The van der Waals surface area contributed by atoms with E-state index in [9.17, 15) is 4.79 Å². The van der Waals surface area contributed by atoms with Gasteiger partial charge in [0.15, 0.2) is 5.69 Å². The summed E-state index contributed by atoms with van der Waals surface area (Å²) < 4.78 is 1.68. The quantitative estimate of drug-likeness (QED) is 0.872. The van der Waals surface area contributed by atoms with E-state index in [0.29, 0.717) is 0 Å². The van der Waals surface area contributed by atoms with Gasteiger partial charge in [-0.3, -0.25) is 0 Å². The molecule has 5 heteroatoms. The van der Waals surface area contributed by atoms with E-state index in [-0.39, 0.29) is 5.69 Å². The van der Waals surface area contributed by atoms with Crippen molar-refractivity contribution in [2.45, 2.75) is 0 Å². The summed E-state index contributed by atoms with van der Waals surface area (Å²) in [5.74, 6) is -1.02. The predicted octanol–water partition coefficient (Wildman–Crippen LogP) is 1.64.